The van der Waals surface area contributed by atoms with Crippen LogP contribution in [-0.4, -0.2) is 24.5 Å². The van der Waals surface area contributed by atoms with Gasteiger partial charge in [-0.25, -0.2) is 0 Å². The van der Waals surface area contributed by atoms with E-state index in [9.17, 15) is 0 Å². The van der Waals surface area contributed by atoms with Gasteiger partial charge >= 0.3 is 0 Å². The SMILES string of the molecule is CN1CC(CC(C)(C)C)(C(C)(C)C)C2CCCC21. The molecule has 0 spiro atoms. The molecule has 3 unspecified atom stereocenters. The second-order valence-corrected chi connectivity index (χ2v) is 9.16. The van der Waals surface area contributed by atoms with E-state index in [0.29, 0.717) is 16.2 Å². The molecule has 0 aromatic rings. The molecule has 0 bridgehead atoms. The maximum Gasteiger partial charge on any atom is 0.0127 e. The number of fused-ring (bicyclic) bond motifs is 1. The van der Waals surface area contributed by atoms with Gasteiger partial charge in [-0.2, -0.15) is 0 Å². The maximum atomic E-state index is 2.68. The van der Waals surface area contributed by atoms with Gasteiger partial charge in [-0.15, -0.1) is 0 Å². The molecule has 2 rings (SSSR count). The third-order valence-electron chi connectivity index (χ3n) is 5.63. The van der Waals surface area contributed by atoms with Gasteiger partial charge in [0.15, 0.2) is 0 Å². The van der Waals surface area contributed by atoms with Crippen molar-refractivity contribution in [2.75, 3.05) is 13.6 Å². The van der Waals surface area contributed by atoms with Crippen LogP contribution in [0.4, 0.5) is 0 Å². The van der Waals surface area contributed by atoms with Gasteiger partial charge in [-0.05, 0) is 48.5 Å². The highest BCUT2D eigenvalue weighted by atomic mass is 15.2. The van der Waals surface area contributed by atoms with Gasteiger partial charge in [0.1, 0.15) is 0 Å². The first-order valence-electron chi connectivity index (χ1n) is 7.77. The Morgan fingerprint density at radius 1 is 1.06 bits per heavy atom. The minimum Gasteiger partial charge on any atom is -0.303 e. The summed E-state index contributed by atoms with van der Waals surface area (Å²) in [6.45, 7) is 16.0. The van der Waals surface area contributed by atoms with E-state index in [2.05, 4.69) is 53.5 Å². The van der Waals surface area contributed by atoms with Crippen LogP contribution >= 0.6 is 0 Å². The molecular weight excluding hydrogens is 218 g/mol. The fraction of sp³-hybridized carbons (Fsp3) is 1.00. The number of hydrogen-bond acceptors (Lipinski definition) is 1. The van der Waals surface area contributed by atoms with Crippen LogP contribution in [0.25, 0.3) is 0 Å². The Morgan fingerprint density at radius 2 is 1.67 bits per heavy atom. The normalized spacial score (nSPS) is 38.2. The summed E-state index contributed by atoms with van der Waals surface area (Å²) in [5.74, 6) is 0.932. The first-order chi connectivity index (χ1) is 8.07. The maximum absolute atomic E-state index is 2.68. The lowest BCUT2D eigenvalue weighted by Crippen LogP contribution is -2.45. The zero-order chi connectivity index (χ0) is 13.8. The summed E-state index contributed by atoms with van der Waals surface area (Å²) in [4.78, 5) is 2.68. The summed E-state index contributed by atoms with van der Waals surface area (Å²) in [7, 11) is 2.36. The lowest BCUT2D eigenvalue weighted by molar-refractivity contribution is 0.00541. The molecule has 106 valence electrons. The molecule has 0 aromatic carbocycles. The molecule has 1 saturated heterocycles. The molecule has 2 aliphatic rings. The molecule has 1 saturated carbocycles. The number of hydrogen-bond donors (Lipinski definition) is 0. The van der Waals surface area contributed by atoms with E-state index in [1.165, 1.54) is 32.2 Å². The Labute approximate surface area is 114 Å². The van der Waals surface area contributed by atoms with Gasteiger partial charge in [-0.3, -0.25) is 0 Å². The highest BCUT2D eigenvalue weighted by molar-refractivity contribution is 5.09. The fourth-order valence-corrected chi connectivity index (χ4v) is 4.98. The Balaban J connectivity index is 2.37. The van der Waals surface area contributed by atoms with E-state index in [1.54, 1.807) is 0 Å². The van der Waals surface area contributed by atoms with Gasteiger partial charge < -0.3 is 4.90 Å². The van der Waals surface area contributed by atoms with E-state index >= 15 is 0 Å². The molecule has 1 heterocycles. The molecule has 0 radical (unpaired) electrons. The van der Waals surface area contributed by atoms with Crippen LogP contribution in [0.1, 0.15) is 67.2 Å². The standard InChI is InChI=1S/C17H33N/c1-15(2,3)11-17(16(4,5)6)12-18(7)14-10-8-9-13(14)17/h13-14H,8-12H2,1-7H3. The molecule has 0 aromatic heterocycles. The zero-order valence-electron chi connectivity index (χ0n) is 13.6. The number of likely N-dealkylation sites (tertiary alicyclic amines) is 1. The Morgan fingerprint density at radius 3 is 2.17 bits per heavy atom. The number of rotatable bonds is 1. The molecule has 1 aliphatic heterocycles. The minimum atomic E-state index is 0.415. The van der Waals surface area contributed by atoms with Crippen LogP contribution in [-0.2, 0) is 0 Å². The predicted molar refractivity (Wildman–Crippen MR) is 79.7 cm³/mol. The van der Waals surface area contributed by atoms with Crippen molar-refractivity contribution in [3.63, 3.8) is 0 Å². The van der Waals surface area contributed by atoms with Gasteiger partial charge in [0.25, 0.3) is 0 Å². The van der Waals surface area contributed by atoms with Crippen LogP contribution in [0.15, 0.2) is 0 Å². The Hall–Kier alpha value is -0.0400. The average molecular weight is 251 g/mol. The molecule has 0 amide bonds. The van der Waals surface area contributed by atoms with Crippen LogP contribution < -0.4 is 0 Å². The van der Waals surface area contributed by atoms with E-state index < -0.39 is 0 Å². The molecule has 0 N–H and O–H groups in total. The molecular formula is C17H33N. The molecule has 2 fully saturated rings. The summed E-state index contributed by atoms with van der Waals surface area (Å²) in [5.41, 5.74) is 1.37. The van der Waals surface area contributed by atoms with Crippen molar-refractivity contribution in [1.82, 2.24) is 4.90 Å². The van der Waals surface area contributed by atoms with Gasteiger partial charge in [-0.1, -0.05) is 48.0 Å². The second-order valence-electron chi connectivity index (χ2n) is 9.16. The van der Waals surface area contributed by atoms with Crippen molar-refractivity contribution in [3.8, 4) is 0 Å². The first-order valence-corrected chi connectivity index (χ1v) is 7.77. The van der Waals surface area contributed by atoms with Crippen LogP contribution in [0.3, 0.4) is 0 Å². The van der Waals surface area contributed by atoms with E-state index in [-0.39, 0.29) is 0 Å². The van der Waals surface area contributed by atoms with Gasteiger partial charge in [0.05, 0.1) is 0 Å². The van der Waals surface area contributed by atoms with E-state index in [4.69, 9.17) is 0 Å². The van der Waals surface area contributed by atoms with Crippen LogP contribution in [0.5, 0.6) is 0 Å². The quantitative estimate of drug-likeness (QED) is 0.660. The number of nitrogens with zero attached hydrogens (tertiary/aromatic N) is 1. The lowest BCUT2D eigenvalue weighted by Gasteiger charge is -2.49. The first kappa shape index (κ1) is 14.4. The van der Waals surface area contributed by atoms with Gasteiger partial charge in [0, 0.05) is 12.6 Å². The van der Waals surface area contributed by atoms with E-state index in [0.717, 1.165) is 12.0 Å². The van der Waals surface area contributed by atoms with Crippen molar-refractivity contribution in [2.45, 2.75) is 73.3 Å². The molecule has 3 atom stereocenters. The average Bonchev–Trinajstić information content (AvgIpc) is 2.67. The molecule has 18 heavy (non-hydrogen) atoms. The van der Waals surface area contributed by atoms with Crippen molar-refractivity contribution < 1.29 is 0 Å². The minimum absolute atomic E-state index is 0.415. The predicted octanol–water partition coefficient (Wildman–Crippen LogP) is 4.57. The van der Waals surface area contributed by atoms with Crippen molar-refractivity contribution in [3.05, 3.63) is 0 Å². The second kappa shape index (κ2) is 4.23. The summed E-state index contributed by atoms with van der Waals surface area (Å²) in [5, 5.41) is 0. The zero-order valence-corrected chi connectivity index (χ0v) is 13.6. The smallest absolute Gasteiger partial charge is 0.0127 e. The molecule has 1 heteroatoms. The fourth-order valence-electron chi connectivity index (χ4n) is 4.98. The van der Waals surface area contributed by atoms with Crippen molar-refractivity contribution in [2.24, 2.45) is 22.2 Å². The van der Waals surface area contributed by atoms with Crippen molar-refractivity contribution in [1.29, 1.82) is 0 Å². The Bertz CT molecular complexity index is 307. The monoisotopic (exact) mass is 251 g/mol. The Kier molecular flexibility index (Phi) is 3.38. The van der Waals surface area contributed by atoms with Crippen molar-refractivity contribution >= 4 is 0 Å². The third-order valence-corrected chi connectivity index (χ3v) is 5.63. The summed E-state index contributed by atoms with van der Waals surface area (Å²) >= 11 is 0. The van der Waals surface area contributed by atoms with Crippen LogP contribution in [0, 0.1) is 22.2 Å². The lowest BCUT2D eigenvalue weighted by atomic mass is 9.55. The highest BCUT2D eigenvalue weighted by Crippen LogP contribution is 2.60. The summed E-state index contributed by atoms with van der Waals surface area (Å²) in [6.07, 6.45) is 5.71. The topological polar surface area (TPSA) is 3.24 Å². The molecule has 1 aliphatic carbocycles. The van der Waals surface area contributed by atoms with Gasteiger partial charge in [0.2, 0.25) is 0 Å². The highest BCUT2D eigenvalue weighted by Gasteiger charge is 2.58. The van der Waals surface area contributed by atoms with E-state index in [1.807, 2.05) is 0 Å². The largest absolute Gasteiger partial charge is 0.303 e. The van der Waals surface area contributed by atoms with Crippen LogP contribution in [0.2, 0.25) is 0 Å². The summed E-state index contributed by atoms with van der Waals surface area (Å²) < 4.78 is 0. The summed E-state index contributed by atoms with van der Waals surface area (Å²) in [6, 6.07) is 0.867. The third kappa shape index (κ3) is 2.24. The molecule has 1 nitrogen and oxygen atoms in total.